The van der Waals surface area contributed by atoms with E-state index in [0.717, 1.165) is 53.5 Å². The predicted molar refractivity (Wildman–Crippen MR) is 140 cm³/mol. The molecular formula is C29H32N2O7. The monoisotopic (exact) mass is 520 g/mol. The number of aryl methyl sites for hydroxylation is 1. The molecule has 0 spiro atoms. The fraction of sp³-hybridized carbons (Fsp3) is 0.448. The van der Waals surface area contributed by atoms with Crippen molar-refractivity contribution in [2.45, 2.75) is 77.5 Å². The maximum atomic E-state index is 13.5. The van der Waals surface area contributed by atoms with Gasteiger partial charge in [0.1, 0.15) is 12.4 Å². The van der Waals surface area contributed by atoms with Crippen LogP contribution in [0.1, 0.15) is 74.6 Å². The van der Waals surface area contributed by atoms with Crippen LogP contribution in [0, 0.1) is 0 Å². The number of aromatic nitrogens is 2. The Labute approximate surface area is 220 Å². The molecule has 0 bridgehead atoms. The minimum Gasteiger partial charge on any atom is -0.494 e. The number of ether oxygens (including phenoxy) is 2. The van der Waals surface area contributed by atoms with E-state index in [9.17, 15) is 19.5 Å². The van der Waals surface area contributed by atoms with Crippen molar-refractivity contribution in [3.63, 3.8) is 0 Å². The molecule has 0 saturated carbocycles. The van der Waals surface area contributed by atoms with Gasteiger partial charge in [-0.25, -0.2) is 9.78 Å². The highest BCUT2D eigenvalue weighted by Gasteiger charge is 2.45. The summed E-state index contributed by atoms with van der Waals surface area (Å²) in [6.45, 7) is 4.52. The first-order valence-electron chi connectivity index (χ1n) is 13.3. The molecule has 1 aromatic carbocycles. The van der Waals surface area contributed by atoms with Gasteiger partial charge in [-0.15, -0.1) is 0 Å². The molecule has 0 unspecified atom stereocenters. The van der Waals surface area contributed by atoms with Gasteiger partial charge in [-0.1, -0.05) is 26.7 Å². The van der Waals surface area contributed by atoms with Crippen LogP contribution < -0.4 is 10.3 Å². The number of carbonyl (C=O) groups is 2. The number of aliphatic carboxylic acids is 1. The average Bonchev–Trinajstić information content (AvgIpc) is 3.27. The normalized spacial score (nSPS) is 17.6. The zero-order valence-corrected chi connectivity index (χ0v) is 21.7. The van der Waals surface area contributed by atoms with Gasteiger partial charge in [0.15, 0.2) is 5.60 Å². The molecule has 0 amide bonds. The fourth-order valence-electron chi connectivity index (χ4n) is 5.56. The summed E-state index contributed by atoms with van der Waals surface area (Å²) >= 11 is 0. The van der Waals surface area contributed by atoms with Crippen molar-refractivity contribution in [2.75, 3.05) is 6.61 Å². The average molecular weight is 521 g/mol. The van der Waals surface area contributed by atoms with Gasteiger partial charge in [0.05, 0.1) is 35.6 Å². The largest absolute Gasteiger partial charge is 0.494 e. The van der Waals surface area contributed by atoms with Gasteiger partial charge in [-0.2, -0.15) is 0 Å². The van der Waals surface area contributed by atoms with Gasteiger partial charge in [-0.3, -0.25) is 9.59 Å². The van der Waals surface area contributed by atoms with E-state index in [1.165, 1.54) is 0 Å². The molecule has 2 aromatic heterocycles. The molecule has 0 radical (unpaired) electrons. The number of pyridine rings is 2. The Hall–Kier alpha value is -3.72. The van der Waals surface area contributed by atoms with Gasteiger partial charge in [0.2, 0.25) is 0 Å². The number of unbranched alkanes of at least 4 members (excludes halogenated alkanes) is 3. The minimum absolute atomic E-state index is 0.102. The first-order chi connectivity index (χ1) is 18.3. The van der Waals surface area contributed by atoms with Crippen molar-refractivity contribution in [2.24, 2.45) is 0 Å². The number of rotatable bonds is 10. The predicted octanol–water partition coefficient (Wildman–Crippen LogP) is 4.06. The van der Waals surface area contributed by atoms with Crippen LogP contribution >= 0.6 is 0 Å². The second-order valence-electron chi connectivity index (χ2n) is 9.96. The zero-order chi connectivity index (χ0) is 27.0. The van der Waals surface area contributed by atoms with Crippen molar-refractivity contribution < 1.29 is 29.3 Å². The van der Waals surface area contributed by atoms with Crippen molar-refractivity contribution in [1.82, 2.24) is 9.55 Å². The molecule has 0 saturated heterocycles. The molecule has 2 aliphatic heterocycles. The Morgan fingerprint density at radius 2 is 1.92 bits per heavy atom. The lowest BCUT2D eigenvalue weighted by atomic mass is 9.86. The maximum Gasteiger partial charge on any atom is 0.343 e. The van der Waals surface area contributed by atoms with E-state index in [2.05, 4.69) is 6.92 Å². The summed E-state index contributed by atoms with van der Waals surface area (Å²) in [4.78, 5) is 41.4. The summed E-state index contributed by atoms with van der Waals surface area (Å²) < 4.78 is 12.8. The van der Waals surface area contributed by atoms with Crippen LogP contribution in [0.3, 0.4) is 0 Å². The molecule has 1 atom stereocenters. The number of nitrogens with zero attached hydrogens (tertiary/aromatic N) is 2. The Bertz CT molecular complexity index is 1490. The Morgan fingerprint density at radius 3 is 2.66 bits per heavy atom. The molecule has 3 aromatic rings. The van der Waals surface area contributed by atoms with E-state index in [4.69, 9.17) is 19.6 Å². The minimum atomic E-state index is -1.85. The molecule has 200 valence electrons. The van der Waals surface area contributed by atoms with E-state index in [1.807, 2.05) is 18.2 Å². The third-order valence-electron chi connectivity index (χ3n) is 7.68. The molecular weight excluding hydrogens is 488 g/mol. The van der Waals surface area contributed by atoms with Crippen LogP contribution in [0.4, 0.5) is 0 Å². The van der Waals surface area contributed by atoms with Crippen LogP contribution in [0.5, 0.6) is 5.75 Å². The van der Waals surface area contributed by atoms with Gasteiger partial charge < -0.3 is 24.3 Å². The van der Waals surface area contributed by atoms with Crippen molar-refractivity contribution in [3.05, 3.63) is 56.9 Å². The summed E-state index contributed by atoms with van der Waals surface area (Å²) in [6.07, 6.45) is 4.34. The number of esters is 1. The Balaban J connectivity index is 1.45. The summed E-state index contributed by atoms with van der Waals surface area (Å²) in [5.41, 5.74) is 2.63. The van der Waals surface area contributed by atoms with Gasteiger partial charge in [-0.05, 0) is 55.5 Å². The lowest BCUT2D eigenvalue weighted by molar-refractivity contribution is -0.172. The van der Waals surface area contributed by atoms with Crippen LogP contribution in [-0.2, 0) is 39.5 Å². The molecule has 5 rings (SSSR count). The number of hydrogen-bond donors (Lipinski definition) is 2. The van der Waals surface area contributed by atoms with Crippen LogP contribution in [0.2, 0.25) is 0 Å². The van der Waals surface area contributed by atoms with E-state index in [1.54, 1.807) is 17.6 Å². The number of benzene rings is 1. The highest BCUT2D eigenvalue weighted by Crippen LogP contribution is 2.40. The van der Waals surface area contributed by atoms with Gasteiger partial charge >= 0.3 is 11.9 Å². The number of carbonyl (C=O) groups excluding carboxylic acids is 1. The lowest BCUT2D eigenvalue weighted by Gasteiger charge is -2.31. The van der Waals surface area contributed by atoms with Gasteiger partial charge in [0.25, 0.3) is 5.56 Å². The van der Waals surface area contributed by atoms with Crippen molar-refractivity contribution >= 4 is 22.8 Å². The summed E-state index contributed by atoms with van der Waals surface area (Å²) in [5.74, 6) is -0.752. The van der Waals surface area contributed by atoms with Crippen LogP contribution in [0.25, 0.3) is 22.3 Å². The molecule has 9 nitrogen and oxygen atoms in total. The van der Waals surface area contributed by atoms with Crippen molar-refractivity contribution in [1.29, 1.82) is 0 Å². The third kappa shape index (κ3) is 4.34. The zero-order valence-electron chi connectivity index (χ0n) is 21.7. The molecule has 38 heavy (non-hydrogen) atoms. The summed E-state index contributed by atoms with van der Waals surface area (Å²) in [5, 5.41) is 20.8. The van der Waals surface area contributed by atoms with E-state index >= 15 is 0 Å². The van der Waals surface area contributed by atoms with Gasteiger partial charge in [0, 0.05) is 22.9 Å². The standard InChI is InChI=1S/C29H32N2O7/c1-3-18-19-13-17(37-12-8-6-5-7-9-25(32)33)10-11-23(19)30-26-20(18)15-31-24(26)14-22-21(27(31)34)16-38-28(35)29(22,36)4-2/h10-11,13-14,36H,3-9,12,15-16H2,1-2H3,(H,32,33)/t29-/m0/s1. The molecule has 0 aliphatic carbocycles. The molecule has 4 heterocycles. The maximum absolute atomic E-state index is 13.5. The Morgan fingerprint density at radius 1 is 1.13 bits per heavy atom. The first kappa shape index (κ1) is 25.9. The number of carboxylic acid groups (broad SMARTS) is 1. The molecule has 9 heteroatoms. The van der Waals surface area contributed by atoms with E-state index < -0.39 is 17.5 Å². The topological polar surface area (TPSA) is 128 Å². The fourth-order valence-corrected chi connectivity index (χ4v) is 5.56. The number of carboxylic acids is 1. The second-order valence-corrected chi connectivity index (χ2v) is 9.96. The lowest BCUT2D eigenvalue weighted by Crippen LogP contribution is -2.44. The van der Waals surface area contributed by atoms with E-state index in [0.29, 0.717) is 42.1 Å². The number of fused-ring (bicyclic) bond motifs is 5. The second kappa shape index (κ2) is 10.2. The summed E-state index contributed by atoms with van der Waals surface area (Å²) in [6, 6.07) is 7.52. The smallest absolute Gasteiger partial charge is 0.343 e. The number of aliphatic hydroxyl groups is 1. The quantitative estimate of drug-likeness (QED) is 0.237. The SMILES string of the molecule is CCc1c2c(nc3ccc(OCCCCCCC(=O)O)cc13)-c1cc3c(c(=O)n1C2)COC(=O)[C@]3(O)CC. The Kier molecular flexibility index (Phi) is 6.96. The first-order valence-corrected chi connectivity index (χ1v) is 13.3. The van der Waals surface area contributed by atoms with E-state index in [-0.39, 0.29) is 25.0 Å². The molecule has 2 aliphatic rings. The summed E-state index contributed by atoms with van der Waals surface area (Å²) in [7, 11) is 0. The molecule has 2 N–H and O–H groups in total. The number of hydrogen-bond acceptors (Lipinski definition) is 7. The molecule has 0 fully saturated rings. The third-order valence-corrected chi connectivity index (χ3v) is 7.68. The highest BCUT2D eigenvalue weighted by atomic mass is 16.6. The van der Waals surface area contributed by atoms with Crippen LogP contribution in [-0.4, -0.2) is 38.3 Å². The number of cyclic esters (lactones) is 1. The van der Waals surface area contributed by atoms with Crippen molar-refractivity contribution in [3.8, 4) is 17.1 Å². The highest BCUT2D eigenvalue weighted by molar-refractivity contribution is 5.90. The van der Waals surface area contributed by atoms with Crippen LogP contribution in [0.15, 0.2) is 29.1 Å².